The number of nitrogens with zero attached hydrogens (tertiary/aromatic N) is 1. The molecule has 0 aromatic carbocycles. The van der Waals surface area contributed by atoms with Gasteiger partial charge in [-0.05, 0) is 26.9 Å². The van der Waals surface area contributed by atoms with Crippen molar-refractivity contribution >= 4 is 6.29 Å². The lowest BCUT2D eigenvalue weighted by molar-refractivity contribution is -0.107. The van der Waals surface area contributed by atoms with E-state index in [1.54, 1.807) is 0 Å². The van der Waals surface area contributed by atoms with E-state index in [1.807, 2.05) is 39.0 Å². The van der Waals surface area contributed by atoms with E-state index in [4.69, 9.17) is 0 Å². The smallest absolute Gasteiger partial charge is 0.123 e. The first-order valence-corrected chi connectivity index (χ1v) is 6.07. The Morgan fingerprint density at radius 3 is 2.12 bits per heavy atom. The van der Waals surface area contributed by atoms with Gasteiger partial charge in [0, 0.05) is 13.0 Å². The number of rotatable bonds is 6. The second kappa shape index (κ2) is 23.7. The molecule has 0 aromatic heterocycles. The maximum absolute atomic E-state index is 9.51. The molecule has 2 nitrogen and oxygen atoms in total. The highest BCUT2D eigenvalue weighted by atomic mass is 16.1. The zero-order valence-electron chi connectivity index (χ0n) is 11.7. The van der Waals surface area contributed by atoms with Crippen molar-refractivity contribution in [3.05, 3.63) is 24.8 Å². The van der Waals surface area contributed by atoms with Gasteiger partial charge in [0.1, 0.15) is 6.29 Å². The largest absolute Gasteiger partial charge is 0.306 e. The highest BCUT2D eigenvalue weighted by molar-refractivity contribution is 5.51. The van der Waals surface area contributed by atoms with Crippen LogP contribution in [-0.2, 0) is 4.79 Å². The predicted octanol–water partition coefficient (Wildman–Crippen LogP) is 3.69. The van der Waals surface area contributed by atoms with Crippen LogP contribution in [0.1, 0.15) is 40.5 Å². The number of carbonyl (C=O) groups excluding carboxylic acids is 1. The van der Waals surface area contributed by atoms with E-state index in [0.717, 1.165) is 25.8 Å². The summed E-state index contributed by atoms with van der Waals surface area (Å²) in [6.45, 7) is 14.0. The van der Waals surface area contributed by atoms with Crippen molar-refractivity contribution in [1.82, 2.24) is 4.90 Å². The van der Waals surface area contributed by atoms with Gasteiger partial charge in [0.05, 0.1) is 0 Å². The molecular formula is C14H29NO. The molecule has 0 saturated carbocycles. The van der Waals surface area contributed by atoms with Gasteiger partial charge in [-0.25, -0.2) is 0 Å². The molecule has 0 aliphatic heterocycles. The molecular weight excluding hydrogens is 198 g/mol. The van der Waals surface area contributed by atoms with Crippen LogP contribution in [-0.4, -0.2) is 31.3 Å². The van der Waals surface area contributed by atoms with E-state index < -0.39 is 0 Å². The zero-order chi connectivity index (χ0) is 13.2. The van der Waals surface area contributed by atoms with E-state index in [1.165, 1.54) is 0 Å². The topological polar surface area (TPSA) is 20.3 Å². The Labute approximate surface area is 102 Å². The van der Waals surface area contributed by atoms with Crippen LogP contribution < -0.4 is 0 Å². The van der Waals surface area contributed by atoms with Crippen LogP contribution in [0.15, 0.2) is 24.8 Å². The average molecular weight is 227 g/mol. The summed E-state index contributed by atoms with van der Waals surface area (Å²) in [4.78, 5) is 11.8. The zero-order valence-corrected chi connectivity index (χ0v) is 11.7. The SMILES string of the molecule is C/C=C\CC=O.C=CCCN(C)CC.CC. The van der Waals surface area contributed by atoms with Crippen LogP contribution in [0.5, 0.6) is 0 Å². The van der Waals surface area contributed by atoms with Crippen LogP contribution in [0, 0.1) is 0 Å². The van der Waals surface area contributed by atoms with Crippen LogP contribution >= 0.6 is 0 Å². The molecule has 2 heteroatoms. The van der Waals surface area contributed by atoms with Gasteiger partial charge in [0.25, 0.3) is 0 Å². The van der Waals surface area contributed by atoms with Gasteiger partial charge in [-0.2, -0.15) is 0 Å². The Morgan fingerprint density at radius 1 is 1.31 bits per heavy atom. The summed E-state index contributed by atoms with van der Waals surface area (Å²) in [6, 6.07) is 0. The van der Waals surface area contributed by atoms with Crippen molar-refractivity contribution in [3.8, 4) is 0 Å². The maximum atomic E-state index is 9.51. The number of hydrogen-bond acceptors (Lipinski definition) is 2. The molecule has 0 bridgehead atoms. The van der Waals surface area contributed by atoms with E-state index in [2.05, 4.69) is 25.5 Å². The van der Waals surface area contributed by atoms with Crippen molar-refractivity contribution in [2.45, 2.75) is 40.5 Å². The maximum Gasteiger partial charge on any atom is 0.123 e. The first-order valence-electron chi connectivity index (χ1n) is 6.07. The van der Waals surface area contributed by atoms with E-state index in [0.29, 0.717) is 6.42 Å². The number of hydrogen-bond donors (Lipinski definition) is 0. The summed E-state index contributed by atoms with van der Waals surface area (Å²) in [5.41, 5.74) is 0. The van der Waals surface area contributed by atoms with Gasteiger partial charge in [0.2, 0.25) is 0 Å². The fourth-order valence-corrected chi connectivity index (χ4v) is 0.661. The summed E-state index contributed by atoms with van der Waals surface area (Å²) < 4.78 is 0. The molecule has 0 amide bonds. The summed E-state index contributed by atoms with van der Waals surface area (Å²) >= 11 is 0. The minimum Gasteiger partial charge on any atom is -0.306 e. The summed E-state index contributed by atoms with van der Waals surface area (Å²) in [6.07, 6.45) is 8.15. The Morgan fingerprint density at radius 2 is 1.88 bits per heavy atom. The van der Waals surface area contributed by atoms with E-state index in [9.17, 15) is 4.79 Å². The summed E-state index contributed by atoms with van der Waals surface area (Å²) in [7, 11) is 2.11. The van der Waals surface area contributed by atoms with Crippen molar-refractivity contribution < 1.29 is 4.79 Å². The van der Waals surface area contributed by atoms with E-state index >= 15 is 0 Å². The Balaban J connectivity index is -0.000000188. The molecule has 0 aromatic rings. The second-order valence-corrected chi connectivity index (χ2v) is 2.94. The lowest BCUT2D eigenvalue weighted by Crippen LogP contribution is -2.17. The lowest BCUT2D eigenvalue weighted by Gasteiger charge is -2.10. The third-order valence-corrected chi connectivity index (χ3v) is 1.72. The van der Waals surface area contributed by atoms with Crippen LogP contribution in [0.4, 0.5) is 0 Å². The quantitative estimate of drug-likeness (QED) is 0.509. The van der Waals surface area contributed by atoms with Crippen molar-refractivity contribution in [1.29, 1.82) is 0 Å². The Hall–Kier alpha value is -0.890. The fourth-order valence-electron chi connectivity index (χ4n) is 0.661. The fraction of sp³-hybridized carbons (Fsp3) is 0.643. The first kappa shape index (κ1) is 20.5. The van der Waals surface area contributed by atoms with Gasteiger partial charge >= 0.3 is 0 Å². The number of allylic oxidation sites excluding steroid dienone is 2. The summed E-state index contributed by atoms with van der Waals surface area (Å²) in [5, 5.41) is 0. The molecule has 0 fully saturated rings. The molecule has 16 heavy (non-hydrogen) atoms. The normalized spacial score (nSPS) is 8.88. The molecule has 0 heterocycles. The van der Waals surface area contributed by atoms with Gasteiger partial charge < -0.3 is 9.69 Å². The minimum absolute atomic E-state index is 0.552. The van der Waals surface area contributed by atoms with Crippen molar-refractivity contribution in [3.63, 3.8) is 0 Å². The predicted molar refractivity (Wildman–Crippen MR) is 74.8 cm³/mol. The van der Waals surface area contributed by atoms with Gasteiger partial charge in [-0.3, -0.25) is 0 Å². The minimum atomic E-state index is 0.552. The van der Waals surface area contributed by atoms with Crippen LogP contribution in [0.25, 0.3) is 0 Å². The molecule has 0 N–H and O–H groups in total. The Bertz CT molecular complexity index is 153. The third kappa shape index (κ3) is 29.2. The third-order valence-electron chi connectivity index (χ3n) is 1.72. The highest BCUT2D eigenvalue weighted by Gasteiger charge is 1.87. The molecule has 0 radical (unpaired) electrons. The monoisotopic (exact) mass is 227 g/mol. The lowest BCUT2D eigenvalue weighted by atomic mass is 10.4. The van der Waals surface area contributed by atoms with Crippen LogP contribution in [0.3, 0.4) is 0 Å². The first-order chi connectivity index (χ1) is 7.72. The second-order valence-electron chi connectivity index (χ2n) is 2.94. The van der Waals surface area contributed by atoms with Gasteiger partial charge in [-0.15, -0.1) is 6.58 Å². The summed E-state index contributed by atoms with van der Waals surface area (Å²) in [5.74, 6) is 0. The molecule has 0 spiro atoms. The molecule has 0 unspecified atom stereocenters. The van der Waals surface area contributed by atoms with E-state index in [-0.39, 0.29) is 0 Å². The molecule has 0 aliphatic rings. The molecule has 96 valence electrons. The number of aldehydes is 1. The molecule has 0 rings (SSSR count). The highest BCUT2D eigenvalue weighted by Crippen LogP contribution is 1.84. The van der Waals surface area contributed by atoms with Crippen molar-refractivity contribution in [2.24, 2.45) is 0 Å². The standard InChI is InChI=1S/C7H15N.C5H8O.C2H6/c1-4-6-7-8(3)5-2;1-2-3-4-5-6;1-2/h4H,1,5-7H2,2-3H3;2-3,5H,4H2,1H3;1-2H3/b;3-2-;. The molecule has 0 aliphatic carbocycles. The van der Waals surface area contributed by atoms with Gasteiger partial charge in [-0.1, -0.05) is 39.0 Å². The van der Waals surface area contributed by atoms with Crippen molar-refractivity contribution in [2.75, 3.05) is 20.1 Å². The molecule has 0 saturated heterocycles. The van der Waals surface area contributed by atoms with Crippen LogP contribution in [0.2, 0.25) is 0 Å². The molecule has 0 atom stereocenters. The average Bonchev–Trinajstić information content (AvgIpc) is 2.36. The Kier molecular flexibility index (Phi) is 30.4. The van der Waals surface area contributed by atoms with Gasteiger partial charge in [0.15, 0.2) is 0 Å². The number of carbonyl (C=O) groups is 1.